The maximum absolute atomic E-state index is 13.7. The van der Waals surface area contributed by atoms with Crippen molar-refractivity contribution < 1.29 is 28.5 Å². The minimum Gasteiger partial charge on any atom is -0.488 e. The first-order valence-corrected chi connectivity index (χ1v) is 23.1. The fourth-order valence-corrected chi connectivity index (χ4v) is 8.03. The molecule has 0 aliphatic rings. The Hall–Kier alpha value is -8.76. The van der Waals surface area contributed by atoms with Crippen LogP contribution in [-0.2, 0) is 39.4 Å². The van der Waals surface area contributed by atoms with Gasteiger partial charge in [-0.05, 0) is 95.6 Å². The van der Waals surface area contributed by atoms with E-state index in [0.717, 1.165) is 39.1 Å². The predicted octanol–water partition coefficient (Wildman–Crippen LogP) is 11.1. The number of hydrogen-bond acceptors (Lipinski definition) is 13. The maximum atomic E-state index is 13.7. The van der Waals surface area contributed by atoms with Gasteiger partial charge < -0.3 is 24.3 Å². The fourth-order valence-electron chi connectivity index (χ4n) is 7.59. The van der Waals surface area contributed by atoms with Crippen molar-refractivity contribution in [2.45, 2.75) is 59.7 Å². The second-order valence-corrected chi connectivity index (χ2v) is 17.1. The standard InChI is InChI=1S/C55H43Cl2N9O6/c1-34-39(30-71-53-20-51(69-29-38-17-43(59-3)26-63-25-38)46(18-48(53)56)50(67)11-10-41-12-14-60-32-65-41)6-4-8-44(34)45-9-5-7-40(35(45)2)31-72-54-21-52(70-28-37-16-36(22-58)23-62-24-37)47(19-49(54)57)55(68)64-27-42-13-15-61-33-66-42/h4-9,12-21,23-26,32-33H,10-11,27-31H2,1-2H3,(H,64,68). The Bertz CT molecular complexity index is 3130. The van der Waals surface area contributed by atoms with Gasteiger partial charge in [0.1, 0.15) is 68.1 Å². The van der Waals surface area contributed by atoms with Gasteiger partial charge in [-0.15, -0.1) is 0 Å². The van der Waals surface area contributed by atoms with Crippen LogP contribution >= 0.6 is 23.2 Å². The number of nitrogens with one attached hydrogen (secondary N) is 1. The van der Waals surface area contributed by atoms with Crippen molar-refractivity contribution in [3.05, 3.63) is 218 Å². The molecule has 0 radical (unpaired) electrons. The highest BCUT2D eigenvalue weighted by Crippen LogP contribution is 2.38. The van der Waals surface area contributed by atoms with Crippen molar-refractivity contribution in [3.8, 4) is 40.2 Å². The molecule has 0 saturated carbocycles. The maximum Gasteiger partial charge on any atom is 0.255 e. The molecule has 17 heteroatoms. The molecule has 8 aromatic rings. The Balaban J connectivity index is 0.996. The Morgan fingerprint density at radius 3 is 1.79 bits per heavy atom. The van der Waals surface area contributed by atoms with Crippen molar-refractivity contribution in [3.63, 3.8) is 0 Å². The number of rotatable bonds is 20. The number of carbonyl (C=O) groups excluding carboxylic acids is 2. The number of ether oxygens (including phenoxy) is 4. The van der Waals surface area contributed by atoms with E-state index < -0.39 is 5.91 Å². The predicted molar refractivity (Wildman–Crippen MR) is 269 cm³/mol. The Kier molecular flexibility index (Phi) is 16.3. The quantitative estimate of drug-likeness (QED) is 0.0561. The van der Waals surface area contributed by atoms with E-state index in [1.54, 1.807) is 67.3 Å². The molecule has 0 unspecified atom stereocenters. The van der Waals surface area contributed by atoms with E-state index in [-0.39, 0.29) is 77.8 Å². The smallest absolute Gasteiger partial charge is 0.255 e. The van der Waals surface area contributed by atoms with Gasteiger partial charge in [0, 0.05) is 67.0 Å². The third-order valence-electron chi connectivity index (χ3n) is 11.5. The van der Waals surface area contributed by atoms with Crippen molar-refractivity contribution in [2.75, 3.05) is 0 Å². The van der Waals surface area contributed by atoms with Gasteiger partial charge >= 0.3 is 0 Å². The molecule has 8 rings (SSSR count). The molecule has 0 atom stereocenters. The lowest BCUT2D eigenvalue weighted by molar-refractivity contribution is 0.0943. The Morgan fingerprint density at radius 2 is 1.21 bits per heavy atom. The number of hydrogen-bond donors (Lipinski definition) is 1. The molecule has 0 aliphatic heterocycles. The van der Waals surface area contributed by atoms with Crippen LogP contribution in [0.4, 0.5) is 5.69 Å². The minimum atomic E-state index is -0.445. The molecular weight excluding hydrogens is 954 g/mol. The highest BCUT2D eigenvalue weighted by molar-refractivity contribution is 6.33. The largest absolute Gasteiger partial charge is 0.488 e. The van der Waals surface area contributed by atoms with Crippen LogP contribution < -0.4 is 24.3 Å². The van der Waals surface area contributed by atoms with Crippen LogP contribution in [0.1, 0.15) is 77.5 Å². The number of benzene rings is 4. The van der Waals surface area contributed by atoms with E-state index in [2.05, 4.69) is 46.1 Å². The van der Waals surface area contributed by atoms with Gasteiger partial charge in [0.15, 0.2) is 5.78 Å². The number of amides is 1. The van der Waals surface area contributed by atoms with Gasteiger partial charge in [-0.25, -0.2) is 24.8 Å². The first-order valence-electron chi connectivity index (χ1n) is 22.4. The molecule has 0 saturated heterocycles. The summed E-state index contributed by atoms with van der Waals surface area (Å²) in [5, 5.41) is 12.7. The topological polar surface area (TPSA) is 189 Å². The number of ketones is 1. The van der Waals surface area contributed by atoms with Crippen molar-refractivity contribution in [1.82, 2.24) is 35.2 Å². The molecule has 15 nitrogen and oxygen atoms in total. The number of aryl methyl sites for hydroxylation is 1. The molecule has 0 bridgehead atoms. The number of Topliss-reactive ketones (excluding diaryl/α,β-unsaturated/α-hetero) is 1. The number of aromatic nitrogens is 6. The van der Waals surface area contributed by atoms with Crippen LogP contribution in [0.3, 0.4) is 0 Å². The first kappa shape index (κ1) is 49.7. The lowest BCUT2D eigenvalue weighted by Gasteiger charge is -2.18. The summed E-state index contributed by atoms with van der Waals surface area (Å²) in [6, 6.07) is 27.1. The van der Waals surface area contributed by atoms with Crippen LogP contribution in [0.25, 0.3) is 16.0 Å². The van der Waals surface area contributed by atoms with Crippen molar-refractivity contribution >= 4 is 40.6 Å². The van der Waals surface area contributed by atoms with Crippen LogP contribution in [0.5, 0.6) is 23.0 Å². The molecule has 1 amide bonds. The van der Waals surface area contributed by atoms with E-state index in [9.17, 15) is 14.9 Å². The van der Waals surface area contributed by atoms with Crippen molar-refractivity contribution in [2.24, 2.45) is 0 Å². The third kappa shape index (κ3) is 12.5. The summed E-state index contributed by atoms with van der Waals surface area (Å²) in [4.78, 5) is 55.2. The lowest BCUT2D eigenvalue weighted by Crippen LogP contribution is -2.24. The highest BCUT2D eigenvalue weighted by Gasteiger charge is 2.21. The number of carbonyl (C=O) groups is 2. The third-order valence-corrected chi connectivity index (χ3v) is 12.1. The second kappa shape index (κ2) is 23.7. The Labute approximate surface area is 425 Å². The minimum absolute atomic E-state index is 0.0156. The molecule has 0 fully saturated rings. The van der Waals surface area contributed by atoms with Crippen LogP contribution in [0.15, 0.2) is 135 Å². The van der Waals surface area contributed by atoms with Gasteiger partial charge in [0.25, 0.3) is 5.91 Å². The van der Waals surface area contributed by atoms with E-state index in [1.807, 2.05) is 50.2 Å². The number of halogens is 2. The average molecular weight is 997 g/mol. The van der Waals surface area contributed by atoms with Crippen LogP contribution in [-0.4, -0.2) is 41.6 Å². The molecule has 4 heterocycles. The van der Waals surface area contributed by atoms with E-state index in [4.69, 9.17) is 48.7 Å². The van der Waals surface area contributed by atoms with Gasteiger partial charge in [0.2, 0.25) is 5.69 Å². The van der Waals surface area contributed by atoms with Crippen LogP contribution in [0, 0.1) is 31.8 Å². The lowest BCUT2D eigenvalue weighted by atomic mass is 9.92. The summed E-state index contributed by atoms with van der Waals surface area (Å²) in [5.41, 5.74) is 9.52. The Morgan fingerprint density at radius 1 is 0.653 bits per heavy atom. The molecule has 4 aromatic heterocycles. The van der Waals surface area contributed by atoms with Gasteiger partial charge in [-0.1, -0.05) is 59.6 Å². The second-order valence-electron chi connectivity index (χ2n) is 16.3. The van der Waals surface area contributed by atoms with E-state index in [1.165, 1.54) is 31.1 Å². The molecule has 1 N–H and O–H groups in total. The molecule has 358 valence electrons. The summed E-state index contributed by atoms with van der Waals surface area (Å²) in [5.74, 6) is 0.459. The molecule has 0 spiro atoms. The fraction of sp³-hybridized carbons (Fsp3) is 0.164. The zero-order valence-electron chi connectivity index (χ0n) is 38.9. The summed E-state index contributed by atoms with van der Waals surface area (Å²) in [7, 11) is 0. The summed E-state index contributed by atoms with van der Waals surface area (Å²) in [6.07, 6.45) is 12.7. The SMILES string of the molecule is [C-]#[N+]c1cncc(COc2cc(OCc3cccc(-c4cccc(COc5cc(OCc6cncc(C#N)c6)c(C(=O)NCc6ccncn6)cc5Cl)c4C)c3C)c(Cl)cc2C(=O)CCc2ccncn2)c1. The van der Waals surface area contributed by atoms with E-state index in [0.29, 0.717) is 46.0 Å². The molecular formula is C55H43Cl2N9O6. The highest BCUT2D eigenvalue weighted by atomic mass is 35.5. The monoisotopic (exact) mass is 995 g/mol. The summed E-state index contributed by atoms with van der Waals surface area (Å²) in [6.45, 7) is 11.9. The van der Waals surface area contributed by atoms with Gasteiger partial charge in [-0.3, -0.25) is 19.6 Å². The van der Waals surface area contributed by atoms with E-state index >= 15 is 0 Å². The first-order chi connectivity index (χ1) is 35.1. The number of nitriles is 1. The molecule has 0 aliphatic carbocycles. The molecule has 4 aromatic carbocycles. The average Bonchev–Trinajstić information content (AvgIpc) is 3.41. The number of nitrogens with zero attached hydrogens (tertiary/aromatic N) is 8. The normalized spacial score (nSPS) is 10.7. The summed E-state index contributed by atoms with van der Waals surface area (Å²) < 4.78 is 25.1. The van der Waals surface area contributed by atoms with Crippen LogP contribution in [0.2, 0.25) is 10.0 Å². The zero-order valence-corrected chi connectivity index (χ0v) is 40.4. The zero-order chi connectivity index (χ0) is 50.4. The summed E-state index contributed by atoms with van der Waals surface area (Å²) >= 11 is 13.6. The molecule has 72 heavy (non-hydrogen) atoms. The van der Waals surface area contributed by atoms with Gasteiger partial charge in [0.05, 0.1) is 45.5 Å². The number of pyridine rings is 2. The van der Waals surface area contributed by atoms with Crippen molar-refractivity contribution in [1.29, 1.82) is 5.26 Å². The van der Waals surface area contributed by atoms with Gasteiger partial charge in [-0.2, -0.15) is 5.26 Å².